The molecule has 1 saturated heterocycles. The second-order valence-electron chi connectivity index (χ2n) is 8.38. The van der Waals surface area contributed by atoms with Crippen molar-refractivity contribution in [1.29, 1.82) is 0 Å². The van der Waals surface area contributed by atoms with Gasteiger partial charge in [0, 0.05) is 38.8 Å². The smallest absolute Gasteiger partial charge is 0.246 e. The largest absolute Gasteiger partial charge is 0.337 e. The molecule has 2 aliphatic rings. The second-order valence-corrected chi connectivity index (χ2v) is 8.38. The van der Waals surface area contributed by atoms with Gasteiger partial charge in [-0.3, -0.25) is 9.69 Å². The van der Waals surface area contributed by atoms with Gasteiger partial charge in [0.05, 0.1) is 0 Å². The molecular formula is C26H32N2O. The third-order valence-corrected chi connectivity index (χ3v) is 6.40. The van der Waals surface area contributed by atoms with Crippen molar-refractivity contribution in [3.05, 3.63) is 77.4 Å². The van der Waals surface area contributed by atoms with E-state index < -0.39 is 0 Å². The topological polar surface area (TPSA) is 23.6 Å². The maximum Gasteiger partial charge on any atom is 0.246 e. The van der Waals surface area contributed by atoms with Gasteiger partial charge in [-0.2, -0.15) is 0 Å². The van der Waals surface area contributed by atoms with Crippen molar-refractivity contribution in [2.75, 3.05) is 26.2 Å². The highest BCUT2D eigenvalue weighted by atomic mass is 16.2. The number of hydrogen-bond acceptors (Lipinski definition) is 2. The highest BCUT2D eigenvalue weighted by Crippen LogP contribution is 2.34. The monoisotopic (exact) mass is 388 g/mol. The minimum atomic E-state index is 0.121. The predicted octanol–water partition coefficient (Wildman–Crippen LogP) is 5.09. The first-order valence-electron chi connectivity index (χ1n) is 11.1. The van der Waals surface area contributed by atoms with E-state index in [0.29, 0.717) is 0 Å². The molecule has 2 aromatic rings. The first-order chi connectivity index (χ1) is 14.3. The average Bonchev–Trinajstić information content (AvgIpc) is 2.80. The van der Waals surface area contributed by atoms with E-state index in [2.05, 4.69) is 29.2 Å². The molecule has 0 N–H and O–H groups in total. The van der Waals surface area contributed by atoms with Crippen LogP contribution in [-0.2, 0) is 11.3 Å². The third-order valence-electron chi connectivity index (χ3n) is 6.40. The highest BCUT2D eigenvalue weighted by molar-refractivity contribution is 5.91. The molecule has 1 aliphatic heterocycles. The Morgan fingerprint density at radius 1 is 0.862 bits per heavy atom. The maximum absolute atomic E-state index is 12.5. The number of rotatable bonds is 5. The summed E-state index contributed by atoms with van der Waals surface area (Å²) in [5.41, 5.74) is 4.12. The fourth-order valence-electron chi connectivity index (χ4n) is 4.69. The minimum absolute atomic E-state index is 0.121. The van der Waals surface area contributed by atoms with Crippen LogP contribution in [0.1, 0.15) is 54.7 Å². The fourth-order valence-corrected chi connectivity index (χ4v) is 4.69. The lowest BCUT2D eigenvalue weighted by atomic mass is 9.82. The molecule has 1 aliphatic carbocycles. The highest BCUT2D eigenvalue weighted by Gasteiger charge is 2.22. The number of piperazine rings is 1. The summed E-state index contributed by atoms with van der Waals surface area (Å²) in [7, 11) is 0. The van der Waals surface area contributed by atoms with E-state index in [4.69, 9.17) is 0 Å². The van der Waals surface area contributed by atoms with Gasteiger partial charge in [0.1, 0.15) is 0 Å². The van der Waals surface area contributed by atoms with Crippen molar-refractivity contribution in [3.63, 3.8) is 0 Å². The zero-order chi connectivity index (χ0) is 19.9. The van der Waals surface area contributed by atoms with E-state index in [0.717, 1.165) is 44.2 Å². The Balaban J connectivity index is 1.31. The molecule has 1 saturated carbocycles. The van der Waals surface area contributed by atoms with Crippen LogP contribution in [0.5, 0.6) is 0 Å². The van der Waals surface area contributed by atoms with E-state index >= 15 is 0 Å². The molecule has 3 heteroatoms. The van der Waals surface area contributed by atoms with Crippen molar-refractivity contribution in [3.8, 4) is 0 Å². The van der Waals surface area contributed by atoms with Crippen LogP contribution in [0.3, 0.4) is 0 Å². The van der Waals surface area contributed by atoms with Crippen LogP contribution < -0.4 is 0 Å². The summed E-state index contributed by atoms with van der Waals surface area (Å²) in [4.78, 5) is 17.0. The van der Waals surface area contributed by atoms with E-state index in [1.165, 1.54) is 37.7 Å². The Kier molecular flexibility index (Phi) is 6.79. The molecule has 29 heavy (non-hydrogen) atoms. The number of carbonyl (C=O) groups excluding carboxylic acids is 1. The SMILES string of the molecule is O=C(C=Cc1ccccc1)N1CCN(Cc2ccccc2C2CCCCC2)CC1. The molecule has 2 fully saturated rings. The van der Waals surface area contributed by atoms with Gasteiger partial charge < -0.3 is 4.90 Å². The van der Waals surface area contributed by atoms with Gasteiger partial charge in [0.2, 0.25) is 5.91 Å². The average molecular weight is 389 g/mol. The van der Waals surface area contributed by atoms with E-state index in [1.807, 2.05) is 41.3 Å². The molecule has 0 atom stereocenters. The number of amides is 1. The number of nitrogens with zero attached hydrogens (tertiary/aromatic N) is 2. The molecule has 0 aromatic heterocycles. The minimum Gasteiger partial charge on any atom is -0.337 e. The van der Waals surface area contributed by atoms with Crippen LogP contribution in [0.2, 0.25) is 0 Å². The van der Waals surface area contributed by atoms with Crippen molar-refractivity contribution < 1.29 is 4.79 Å². The summed E-state index contributed by atoms with van der Waals surface area (Å²) >= 11 is 0. The molecule has 0 spiro atoms. The van der Waals surface area contributed by atoms with Crippen LogP contribution in [-0.4, -0.2) is 41.9 Å². The Hall–Kier alpha value is -2.39. The zero-order valence-corrected chi connectivity index (χ0v) is 17.3. The molecule has 2 aromatic carbocycles. The molecule has 1 amide bonds. The van der Waals surface area contributed by atoms with Crippen LogP contribution in [0, 0.1) is 0 Å². The maximum atomic E-state index is 12.5. The zero-order valence-electron chi connectivity index (χ0n) is 17.3. The lowest BCUT2D eigenvalue weighted by molar-refractivity contribution is -0.127. The van der Waals surface area contributed by atoms with E-state index in [9.17, 15) is 4.79 Å². The Bertz CT molecular complexity index is 816. The Morgan fingerprint density at radius 2 is 1.55 bits per heavy atom. The third kappa shape index (κ3) is 5.36. The van der Waals surface area contributed by atoms with Gasteiger partial charge in [-0.25, -0.2) is 0 Å². The van der Waals surface area contributed by atoms with Gasteiger partial charge in [-0.15, -0.1) is 0 Å². The molecule has 0 unspecified atom stereocenters. The van der Waals surface area contributed by atoms with Gasteiger partial charge in [0.25, 0.3) is 0 Å². The van der Waals surface area contributed by atoms with Crippen LogP contribution in [0.15, 0.2) is 60.7 Å². The Labute approximate surface area is 175 Å². The summed E-state index contributed by atoms with van der Waals surface area (Å²) in [5.74, 6) is 0.863. The molecular weight excluding hydrogens is 356 g/mol. The summed E-state index contributed by atoms with van der Waals surface area (Å²) in [6.45, 7) is 4.52. The lowest BCUT2D eigenvalue weighted by Crippen LogP contribution is -2.47. The molecule has 3 nitrogen and oxygen atoms in total. The first kappa shape index (κ1) is 19.9. The van der Waals surface area contributed by atoms with Gasteiger partial charge in [0.15, 0.2) is 0 Å². The molecule has 1 heterocycles. The number of hydrogen-bond donors (Lipinski definition) is 0. The van der Waals surface area contributed by atoms with Gasteiger partial charge in [-0.1, -0.05) is 73.9 Å². The predicted molar refractivity (Wildman–Crippen MR) is 120 cm³/mol. The summed E-state index contributed by atoms with van der Waals surface area (Å²) in [5, 5.41) is 0. The number of benzene rings is 2. The Morgan fingerprint density at radius 3 is 2.31 bits per heavy atom. The number of carbonyl (C=O) groups is 1. The normalized spacial score (nSPS) is 19.0. The van der Waals surface area contributed by atoms with Crippen molar-refractivity contribution in [2.24, 2.45) is 0 Å². The lowest BCUT2D eigenvalue weighted by Gasteiger charge is -2.35. The van der Waals surface area contributed by atoms with Crippen molar-refractivity contribution in [2.45, 2.75) is 44.6 Å². The molecule has 152 valence electrons. The van der Waals surface area contributed by atoms with E-state index in [-0.39, 0.29) is 5.91 Å². The van der Waals surface area contributed by atoms with Crippen molar-refractivity contribution >= 4 is 12.0 Å². The summed E-state index contributed by atoms with van der Waals surface area (Å²) in [6.07, 6.45) is 10.4. The standard InChI is InChI=1S/C26H32N2O/c29-26(16-15-22-9-3-1-4-10-22)28-19-17-27(18-20-28)21-24-13-7-8-14-25(24)23-11-5-2-6-12-23/h1,3-4,7-10,13-16,23H,2,5-6,11-12,17-21H2. The second kappa shape index (κ2) is 9.89. The van der Waals surface area contributed by atoms with Crippen LogP contribution in [0.25, 0.3) is 6.08 Å². The van der Waals surface area contributed by atoms with Crippen LogP contribution in [0.4, 0.5) is 0 Å². The van der Waals surface area contributed by atoms with Gasteiger partial charge in [-0.05, 0) is 41.5 Å². The van der Waals surface area contributed by atoms with E-state index in [1.54, 1.807) is 11.6 Å². The first-order valence-corrected chi connectivity index (χ1v) is 11.1. The van der Waals surface area contributed by atoms with Gasteiger partial charge >= 0.3 is 0 Å². The molecule has 0 bridgehead atoms. The quantitative estimate of drug-likeness (QED) is 0.666. The molecule has 0 radical (unpaired) electrons. The van der Waals surface area contributed by atoms with Crippen molar-refractivity contribution in [1.82, 2.24) is 9.80 Å². The molecule has 4 rings (SSSR count). The fraction of sp³-hybridized carbons (Fsp3) is 0.423. The summed E-state index contributed by atoms with van der Waals surface area (Å²) < 4.78 is 0. The summed E-state index contributed by atoms with van der Waals surface area (Å²) in [6, 6.07) is 19.0. The van der Waals surface area contributed by atoms with Crippen LogP contribution >= 0.6 is 0 Å².